The summed E-state index contributed by atoms with van der Waals surface area (Å²) in [5.41, 5.74) is 0. The second kappa shape index (κ2) is 24.4. The molecule has 0 aliphatic heterocycles. The van der Waals surface area contributed by atoms with Crippen LogP contribution < -0.4 is 0 Å². The van der Waals surface area contributed by atoms with Crippen molar-refractivity contribution < 1.29 is 42.7 Å². The first kappa shape index (κ1) is 29.1. The number of hydrogen-bond donors (Lipinski definition) is 0. The van der Waals surface area contributed by atoms with Crippen LogP contribution in [-0.2, 0) is 42.7 Å². The molecule has 0 aliphatic carbocycles. The van der Waals surface area contributed by atoms with Crippen molar-refractivity contribution in [3.05, 3.63) is 0 Å². The summed E-state index contributed by atoms with van der Waals surface area (Å²) in [5.74, 6) is 0.0175. The van der Waals surface area contributed by atoms with E-state index in [-0.39, 0.29) is 5.91 Å². The number of amides is 1. The molecule has 0 aromatic rings. The third-order valence-electron chi connectivity index (χ3n) is 3.81. The molecule has 0 bridgehead atoms. The van der Waals surface area contributed by atoms with E-state index in [4.69, 9.17) is 37.9 Å². The van der Waals surface area contributed by atoms with Crippen molar-refractivity contribution in [3.8, 4) is 0 Å². The molecule has 10 nitrogen and oxygen atoms in total. The summed E-state index contributed by atoms with van der Waals surface area (Å²) in [6.45, 7) is 10.0. The van der Waals surface area contributed by atoms with Gasteiger partial charge in [0.2, 0.25) is 5.91 Å². The maximum Gasteiger partial charge on any atom is 0.219 e. The molecule has 1 amide bonds. The second-order valence-corrected chi connectivity index (χ2v) is 6.17. The Hall–Kier alpha value is -0.850. The van der Waals surface area contributed by atoms with Gasteiger partial charge in [0.15, 0.2) is 0 Å². The summed E-state index contributed by atoms with van der Waals surface area (Å²) in [7, 11) is 3.26. The van der Waals surface area contributed by atoms with Crippen LogP contribution in [0.2, 0.25) is 0 Å². The molecule has 0 radical (unpaired) electrons. The molecule has 0 saturated carbocycles. The second-order valence-electron chi connectivity index (χ2n) is 6.17. The normalized spacial score (nSPS) is 11.2. The first-order valence-corrected chi connectivity index (χ1v) is 10.4. The maximum atomic E-state index is 11.4. The summed E-state index contributed by atoms with van der Waals surface area (Å²) < 4.78 is 42.2. The highest BCUT2D eigenvalue weighted by Gasteiger charge is 2.07. The largest absolute Gasteiger partial charge is 0.383 e. The average Bonchev–Trinajstić information content (AvgIpc) is 2.74. The smallest absolute Gasteiger partial charge is 0.219 e. The molecule has 0 spiro atoms. The van der Waals surface area contributed by atoms with Crippen LogP contribution in [0.15, 0.2) is 0 Å². The summed E-state index contributed by atoms with van der Waals surface area (Å²) in [6, 6.07) is 0. The minimum atomic E-state index is 0.0175. The van der Waals surface area contributed by atoms with Gasteiger partial charge in [0.1, 0.15) is 0 Å². The van der Waals surface area contributed by atoms with E-state index < -0.39 is 0 Å². The molecule has 0 fully saturated rings. The van der Waals surface area contributed by atoms with E-state index in [2.05, 4.69) is 0 Å². The lowest BCUT2D eigenvalue weighted by atomic mass is 10.4. The van der Waals surface area contributed by atoms with Gasteiger partial charge >= 0.3 is 0 Å². The highest BCUT2D eigenvalue weighted by Crippen LogP contribution is 1.91. The van der Waals surface area contributed by atoms with Crippen LogP contribution in [-0.4, -0.2) is 131 Å². The van der Waals surface area contributed by atoms with Gasteiger partial charge in [-0.1, -0.05) is 0 Å². The number of carbonyl (C=O) groups is 1. The highest BCUT2D eigenvalue weighted by atomic mass is 16.6. The molecule has 180 valence electrons. The quantitative estimate of drug-likeness (QED) is 0.196. The first-order chi connectivity index (χ1) is 14.7. The zero-order valence-electron chi connectivity index (χ0n) is 18.9. The Kier molecular flexibility index (Phi) is 23.7. The third-order valence-corrected chi connectivity index (χ3v) is 3.81. The van der Waals surface area contributed by atoms with Crippen LogP contribution in [0, 0.1) is 0 Å². The SMILES string of the molecule is COCCOCCOCCOCCOCCOCCOCCN(CCOC)C(C)=O. The van der Waals surface area contributed by atoms with Gasteiger partial charge in [0.25, 0.3) is 0 Å². The number of hydrogen-bond acceptors (Lipinski definition) is 9. The predicted octanol–water partition coefficient (Wildman–Crippen LogP) is 0.227. The van der Waals surface area contributed by atoms with Crippen molar-refractivity contribution in [3.63, 3.8) is 0 Å². The molecule has 0 rings (SSSR count). The van der Waals surface area contributed by atoms with Gasteiger partial charge in [0, 0.05) is 34.2 Å². The zero-order chi connectivity index (χ0) is 22.1. The van der Waals surface area contributed by atoms with E-state index in [1.54, 1.807) is 26.0 Å². The van der Waals surface area contributed by atoms with Crippen molar-refractivity contribution in [2.24, 2.45) is 0 Å². The van der Waals surface area contributed by atoms with Crippen LogP contribution in [0.25, 0.3) is 0 Å². The fraction of sp³-hybridized carbons (Fsp3) is 0.950. The summed E-state index contributed by atoms with van der Waals surface area (Å²) in [4.78, 5) is 13.1. The van der Waals surface area contributed by atoms with Gasteiger partial charge < -0.3 is 42.8 Å². The van der Waals surface area contributed by atoms with Gasteiger partial charge in [-0.05, 0) is 0 Å². The molecule has 0 aliphatic rings. The fourth-order valence-corrected chi connectivity index (χ4v) is 2.15. The lowest BCUT2D eigenvalue weighted by Gasteiger charge is -2.20. The van der Waals surface area contributed by atoms with Gasteiger partial charge in [0.05, 0.1) is 92.5 Å². The van der Waals surface area contributed by atoms with Crippen LogP contribution in [0.5, 0.6) is 0 Å². The average molecular weight is 440 g/mol. The minimum Gasteiger partial charge on any atom is -0.383 e. The summed E-state index contributed by atoms with van der Waals surface area (Å²) >= 11 is 0. The molecule has 0 N–H and O–H groups in total. The van der Waals surface area contributed by atoms with E-state index in [0.29, 0.717) is 106 Å². The number of rotatable bonds is 24. The molecular formula is C20H41NO9. The topological polar surface area (TPSA) is 94.2 Å². The molecule has 0 aromatic carbocycles. The van der Waals surface area contributed by atoms with Gasteiger partial charge in [-0.2, -0.15) is 0 Å². The minimum absolute atomic E-state index is 0.0175. The molecule has 30 heavy (non-hydrogen) atoms. The predicted molar refractivity (Wildman–Crippen MR) is 111 cm³/mol. The van der Waals surface area contributed by atoms with Crippen molar-refractivity contribution in [2.45, 2.75) is 6.92 Å². The van der Waals surface area contributed by atoms with E-state index in [1.807, 2.05) is 0 Å². The Bertz CT molecular complexity index is 361. The first-order valence-electron chi connectivity index (χ1n) is 10.4. The molecular weight excluding hydrogens is 398 g/mol. The molecule has 0 unspecified atom stereocenters. The Morgan fingerprint density at radius 3 is 1.13 bits per heavy atom. The number of ether oxygens (including phenoxy) is 8. The van der Waals surface area contributed by atoms with Gasteiger partial charge in [-0.15, -0.1) is 0 Å². The number of nitrogens with zero attached hydrogens (tertiary/aromatic N) is 1. The van der Waals surface area contributed by atoms with E-state index in [0.717, 1.165) is 0 Å². The maximum absolute atomic E-state index is 11.4. The highest BCUT2D eigenvalue weighted by molar-refractivity contribution is 5.73. The van der Waals surface area contributed by atoms with Crippen molar-refractivity contribution in [1.29, 1.82) is 0 Å². The van der Waals surface area contributed by atoms with E-state index in [9.17, 15) is 4.79 Å². The molecule has 0 atom stereocenters. The lowest BCUT2D eigenvalue weighted by Crippen LogP contribution is -2.35. The van der Waals surface area contributed by atoms with Crippen LogP contribution >= 0.6 is 0 Å². The monoisotopic (exact) mass is 439 g/mol. The van der Waals surface area contributed by atoms with Crippen molar-refractivity contribution in [2.75, 3.05) is 120 Å². The zero-order valence-corrected chi connectivity index (χ0v) is 18.9. The lowest BCUT2D eigenvalue weighted by molar-refractivity contribution is -0.130. The van der Waals surface area contributed by atoms with Gasteiger partial charge in [-0.3, -0.25) is 4.79 Å². The Morgan fingerprint density at radius 1 is 0.500 bits per heavy atom. The molecule has 10 heteroatoms. The Labute approximate surface area is 181 Å². The molecule has 0 heterocycles. The standard InChI is InChI=1S/C20H41NO9/c1-20(22)21(4-6-23-2)5-7-25-10-11-27-14-15-29-18-19-30-17-16-28-13-12-26-9-8-24-3/h4-19H2,1-3H3. The summed E-state index contributed by atoms with van der Waals surface area (Å²) in [5, 5.41) is 0. The Morgan fingerprint density at radius 2 is 0.800 bits per heavy atom. The molecule has 0 saturated heterocycles. The van der Waals surface area contributed by atoms with Gasteiger partial charge in [-0.25, -0.2) is 0 Å². The fourth-order valence-electron chi connectivity index (χ4n) is 2.15. The van der Waals surface area contributed by atoms with Crippen LogP contribution in [0.3, 0.4) is 0 Å². The van der Waals surface area contributed by atoms with Crippen LogP contribution in [0.4, 0.5) is 0 Å². The van der Waals surface area contributed by atoms with E-state index in [1.165, 1.54) is 0 Å². The summed E-state index contributed by atoms with van der Waals surface area (Å²) in [6.07, 6.45) is 0. The van der Waals surface area contributed by atoms with Crippen molar-refractivity contribution in [1.82, 2.24) is 4.90 Å². The van der Waals surface area contributed by atoms with Crippen LogP contribution in [0.1, 0.15) is 6.92 Å². The third kappa shape index (κ3) is 21.8. The number of methoxy groups -OCH3 is 2. The van der Waals surface area contributed by atoms with E-state index >= 15 is 0 Å². The number of carbonyl (C=O) groups excluding carboxylic acids is 1. The molecule has 0 aromatic heterocycles. The van der Waals surface area contributed by atoms with Crippen molar-refractivity contribution >= 4 is 5.91 Å². The Balaban J connectivity index is 3.18.